The van der Waals surface area contributed by atoms with E-state index in [2.05, 4.69) is 0 Å². The quantitative estimate of drug-likeness (QED) is 0.741. The zero-order valence-electron chi connectivity index (χ0n) is 10.4. The van der Waals surface area contributed by atoms with Crippen molar-refractivity contribution in [3.05, 3.63) is 22.8 Å². The van der Waals surface area contributed by atoms with E-state index in [0.717, 1.165) is 16.7 Å². The Labute approximate surface area is 96.0 Å². The molecule has 0 atom stereocenters. The molecule has 0 aliphatic carbocycles. The third-order valence-corrected chi connectivity index (χ3v) is 2.63. The number of amides is 1. The first kappa shape index (κ1) is 12.4. The topological polar surface area (TPSA) is 55.6 Å². The minimum Gasteiger partial charge on any atom is -0.410 e. The highest BCUT2D eigenvalue weighted by Gasteiger charge is 2.14. The number of anilines is 1. The molecule has 0 spiro atoms. The van der Waals surface area contributed by atoms with Crippen molar-refractivity contribution < 1.29 is 9.53 Å². The Hall–Kier alpha value is -1.71. The van der Waals surface area contributed by atoms with Crippen molar-refractivity contribution in [2.45, 2.75) is 20.8 Å². The van der Waals surface area contributed by atoms with E-state index in [1.54, 1.807) is 14.1 Å². The summed E-state index contributed by atoms with van der Waals surface area (Å²) in [4.78, 5) is 12.9. The fourth-order valence-corrected chi connectivity index (χ4v) is 1.37. The van der Waals surface area contributed by atoms with Crippen molar-refractivity contribution in [2.75, 3.05) is 19.8 Å². The predicted octanol–water partition coefficient (Wildman–Crippen LogP) is 2.25. The number of ether oxygens (including phenoxy) is 1. The molecule has 0 saturated carbocycles. The highest BCUT2D eigenvalue weighted by atomic mass is 16.6. The Balaban J connectivity index is 3.18. The molecule has 88 valence electrons. The van der Waals surface area contributed by atoms with Crippen LogP contribution >= 0.6 is 0 Å². The third kappa shape index (κ3) is 2.27. The summed E-state index contributed by atoms with van der Waals surface area (Å²) in [7, 11) is 3.29. The van der Waals surface area contributed by atoms with Crippen LogP contribution in [0.3, 0.4) is 0 Å². The first-order valence-electron chi connectivity index (χ1n) is 5.10. The minimum absolute atomic E-state index is 0.392. The fraction of sp³-hybridized carbons (Fsp3) is 0.417. The van der Waals surface area contributed by atoms with Crippen LogP contribution in [0.4, 0.5) is 10.5 Å². The van der Waals surface area contributed by atoms with Crippen molar-refractivity contribution >= 4 is 11.8 Å². The van der Waals surface area contributed by atoms with Crippen LogP contribution in [0, 0.1) is 20.8 Å². The standard InChI is InChI=1S/C12H18N2O2/c1-7-6-10(13)9(3)11(8(7)2)16-12(15)14(4)5/h6H,13H2,1-5H3. The van der Waals surface area contributed by atoms with Gasteiger partial charge in [0, 0.05) is 25.3 Å². The minimum atomic E-state index is -0.392. The monoisotopic (exact) mass is 222 g/mol. The molecule has 1 amide bonds. The van der Waals surface area contributed by atoms with Gasteiger partial charge in [-0.05, 0) is 38.0 Å². The number of rotatable bonds is 1. The van der Waals surface area contributed by atoms with Crippen molar-refractivity contribution in [1.29, 1.82) is 0 Å². The maximum absolute atomic E-state index is 11.5. The van der Waals surface area contributed by atoms with Crippen LogP contribution in [0.1, 0.15) is 16.7 Å². The number of aryl methyl sites for hydroxylation is 1. The summed E-state index contributed by atoms with van der Waals surface area (Å²) < 4.78 is 5.31. The van der Waals surface area contributed by atoms with E-state index in [4.69, 9.17) is 10.5 Å². The second-order valence-electron chi connectivity index (χ2n) is 4.12. The highest BCUT2D eigenvalue weighted by molar-refractivity contribution is 5.73. The summed E-state index contributed by atoms with van der Waals surface area (Å²) in [6.45, 7) is 5.71. The zero-order valence-corrected chi connectivity index (χ0v) is 10.4. The molecule has 0 fully saturated rings. The summed E-state index contributed by atoms with van der Waals surface area (Å²) in [5.41, 5.74) is 9.25. The first-order chi connectivity index (χ1) is 7.34. The van der Waals surface area contributed by atoms with E-state index >= 15 is 0 Å². The highest BCUT2D eigenvalue weighted by Crippen LogP contribution is 2.30. The molecule has 4 nitrogen and oxygen atoms in total. The molecular weight excluding hydrogens is 204 g/mol. The lowest BCUT2D eigenvalue weighted by Gasteiger charge is -2.17. The van der Waals surface area contributed by atoms with Gasteiger partial charge < -0.3 is 15.4 Å². The molecule has 0 heterocycles. The van der Waals surface area contributed by atoms with Crippen LogP contribution in [-0.2, 0) is 0 Å². The van der Waals surface area contributed by atoms with Crippen molar-refractivity contribution in [3.63, 3.8) is 0 Å². The van der Waals surface area contributed by atoms with E-state index < -0.39 is 6.09 Å². The molecular formula is C12H18N2O2. The average molecular weight is 222 g/mol. The molecule has 0 aliphatic heterocycles. The number of carbonyl (C=O) groups excluding carboxylic acids is 1. The summed E-state index contributed by atoms with van der Waals surface area (Å²) in [6.07, 6.45) is -0.392. The van der Waals surface area contributed by atoms with Gasteiger partial charge in [0.05, 0.1) is 0 Å². The lowest BCUT2D eigenvalue weighted by Crippen LogP contribution is -2.26. The second-order valence-corrected chi connectivity index (χ2v) is 4.12. The van der Waals surface area contributed by atoms with Gasteiger partial charge >= 0.3 is 6.09 Å². The number of nitrogen functional groups attached to an aromatic ring is 1. The van der Waals surface area contributed by atoms with Gasteiger partial charge in [0.2, 0.25) is 0 Å². The fourth-order valence-electron chi connectivity index (χ4n) is 1.37. The van der Waals surface area contributed by atoms with E-state index in [1.807, 2.05) is 26.8 Å². The van der Waals surface area contributed by atoms with Gasteiger partial charge in [-0.15, -0.1) is 0 Å². The molecule has 1 rings (SSSR count). The van der Waals surface area contributed by atoms with Crippen LogP contribution in [0.5, 0.6) is 5.75 Å². The van der Waals surface area contributed by atoms with Gasteiger partial charge in [0.25, 0.3) is 0 Å². The van der Waals surface area contributed by atoms with Gasteiger partial charge in [-0.25, -0.2) is 4.79 Å². The van der Waals surface area contributed by atoms with Gasteiger partial charge in [0.1, 0.15) is 5.75 Å². The maximum atomic E-state index is 11.5. The molecule has 0 aliphatic rings. The Kier molecular flexibility index (Phi) is 3.42. The molecule has 0 saturated heterocycles. The lowest BCUT2D eigenvalue weighted by molar-refractivity contribution is 0.171. The molecule has 0 unspecified atom stereocenters. The molecule has 4 heteroatoms. The van der Waals surface area contributed by atoms with E-state index in [9.17, 15) is 4.79 Å². The van der Waals surface area contributed by atoms with Crippen LogP contribution in [0.2, 0.25) is 0 Å². The number of hydrogen-bond donors (Lipinski definition) is 1. The summed E-state index contributed by atoms with van der Waals surface area (Å²) in [5.74, 6) is 0.566. The van der Waals surface area contributed by atoms with E-state index in [0.29, 0.717) is 11.4 Å². The second kappa shape index (κ2) is 4.43. The smallest absolute Gasteiger partial charge is 0.410 e. The Morgan fingerprint density at radius 3 is 2.31 bits per heavy atom. The van der Waals surface area contributed by atoms with Crippen molar-refractivity contribution in [2.24, 2.45) is 0 Å². The maximum Gasteiger partial charge on any atom is 0.414 e. The summed E-state index contributed by atoms with van der Waals surface area (Å²) in [6, 6.07) is 1.89. The van der Waals surface area contributed by atoms with Crippen LogP contribution in [-0.4, -0.2) is 25.1 Å². The van der Waals surface area contributed by atoms with Crippen molar-refractivity contribution in [3.8, 4) is 5.75 Å². The van der Waals surface area contributed by atoms with Gasteiger partial charge in [-0.3, -0.25) is 0 Å². The van der Waals surface area contributed by atoms with Gasteiger partial charge in [-0.1, -0.05) is 0 Å². The van der Waals surface area contributed by atoms with Crippen LogP contribution in [0.25, 0.3) is 0 Å². The van der Waals surface area contributed by atoms with Crippen LogP contribution < -0.4 is 10.5 Å². The normalized spacial score (nSPS) is 10.1. The van der Waals surface area contributed by atoms with Gasteiger partial charge in [0.15, 0.2) is 0 Å². The molecule has 1 aromatic rings. The molecule has 0 radical (unpaired) electrons. The largest absolute Gasteiger partial charge is 0.414 e. The molecule has 2 N–H and O–H groups in total. The molecule has 16 heavy (non-hydrogen) atoms. The van der Waals surface area contributed by atoms with Crippen LogP contribution in [0.15, 0.2) is 6.07 Å². The Bertz CT molecular complexity index is 399. The van der Waals surface area contributed by atoms with E-state index in [-0.39, 0.29) is 0 Å². The Morgan fingerprint density at radius 2 is 1.81 bits per heavy atom. The first-order valence-corrected chi connectivity index (χ1v) is 5.10. The Morgan fingerprint density at radius 1 is 1.25 bits per heavy atom. The lowest BCUT2D eigenvalue weighted by atomic mass is 10.0. The number of nitrogens with zero attached hydrogens (tertiary/aromatic N) is 1. The number of nitrogens with two attached hydrogens (primary N) is 1. The van der Waals surface area contributed by atoms with Gasteiger partial charge in [-0.2, -0.15) is 0 Å². The van der Waals surface area contributed by atoms with Crippen molar-refractivity contribution in [1.82, 2.24) is 4.90 Å². The average Bonchev–Trinajstić information content (AvgIpc) is 2.21. The molecule has 0 aromatic heterocycles. The third-order valence-electron chi connectivity index (χ3n) is 2.63. The summed E-state index contributed by atoms with van der Waals surface area (Å²) >= 11 is 0. The molecule has 0 bridgehead atoms. The number of hydrogen-bond acceptors (Lipinski definition) is 3. The molecule has 1 aromatic carbocycles. The predicted molar refractivity (Wildman–Crippen MR) is 64.8 cm³/mol. The number of carbonyl (C=O) groups is 1. The zero-order chi connectivity index (χ0) is 12.5. The van der Waals surface area contributed by atoms with E-state index in [1.165, 1.54) is 4.90 Å². The SMILES string of the molecule is Cc1cc(N)c(C)c(OC(=O)N(C)C)c1C. The summed E-state index contributed by atoms with van der Waals surface area (Å²) in [5, 5.41) is 0. The number of benzene rings is 1.